The standard InChI is InChI=1S/C10H15N3O2/c1-2-3-13(4-5-14)10-7-11-6-9(8-15)12-10/h2,6-7,14-15H,1,3-5,8H2. The van der Waals surface area contributed by atoms with Gasteiger partial charge in [0.15, 0.2) is 0 Å². The van der Waals surface area contributed by atoms with Crippen LogP contribution in [0, 0.1) is 0 Å². The molecular formula is C10H15N3O2. The van der Waals surface area contributed by atoms with Gasteiger partial charge in [0.25, 0.3) is 0 Å². The van der Waals surface area contributed by atoms with Crippen LogP contribution in [0.1, 0.15) is 5.69 Å². The van der Waals surface area contributed by atoms with Gasteiger partial charge in [0.1, 0.15) is 5.82 Å². The Hall–Kier alpha value is -1.46. The number of rotatable bonds is 6. The zero-order valence-corrected chi connectivity index (χ0v) is 8.50. The van der Waals surface area contributed by atoms with E-state index in [1.165, 1.54) is 6.20 Å². The second-order valence-electron chi connectivity index (χ2n) is 2.99. The molecule has 0 spiro atoms. The van der Waals surface area contributed by atoms with E-state index in [9.17, 15) is 0 Å². The Morgan fingerprint density at radius 2 is 2.20 bits per heavy atom. The predicted octanol–water partition coefficient (Wildman–Crippen LogP) is -0.0464. The molecule has 1 rings (SSSR count). The second-order valence-corrected chi connectivity index (χ2v) is 2.99. The monoisotopic (exact) mass is 209 g/mol. The molecule has 0 radical (unpaired) electrons. The summed E-state index contributed by atoms with van der Waals surface area (Å²) in [5.74, 6) is 0.635. The highest BCUT2D eigenvalue weighted by atomic mass is 16.3. The number of nitrogens with zero attached hydrogens (tertiary/aromatic N) is 3. The summed E-state index contributed by atoms with van der Waals surface area (Å²) in [6, 6.07) is 0. The number of aromatic nitrogens is 2. The lowest BCUT2D eigenvalue weighted by molar-refractivity contribution is 0.276. The number of hydrogen-bond donors (Lipinski definition) is 2. The molecule has 0 aromatic carbocycles. The van der Waals surface area contributed by atoms with Crippen molar-refractivity contribution in [2.75, 3.05) is 24.6 Å². The third-order valence-corrected chi connectivity index (χ3v) is 1.88. The molecule has 0 amide bonds. The van der Waals surface area contributed by atoms with E-state index in [1.807, 2.05) is 4.90 Å². The number of aliphatic hydroxyl groups excluding tert-OH is 2. The lowest BCUT2D eigenvalue weighted by atomic mass is 10.4. The molecule has 0 aliphatic carbocycles. The van der Waals surface area contributed by atoms with E-state index in [4.69, 9.17) is 10.2 Å². The largest absolute Gasteiger partial charge is 0.395 e. The molecule has 5 nitrogen and oxygen atoms in total. The third-order valence-electron chi connectivity index (χ3n) is 1.88. The molecular weight excluding hydrogens is 194 g/mol. The van der Waals surface area contributed by atoms with Crippen molar-refractivity contribution in [2.24, 2.45) is 0 Å². The zero-order chi connectivity index (χ0) is 11.1. The van der Waals surface area contributed by atoms with Gasteiger partial charge >= 0.3 is 0 Å². The van der Waals surface area contributed by atoms with Gasteiger partial charge in [-0.15, -0.1) is 6.58 Å². The van der Waals surface area contributed by atoms with Crippen molar-refractivity contribution in [3.05, 3.63) is 30.7 Å². The van der Waals surface area contributed by atoms with Crippen LogP contribution in [-0.2, 0) is 6.61 Å². The van der Waals surface area contributed by atoms with Gasteiger partial charge in [-0.25, -0.2) is 4.98 Å². The topological polar surface area (TPSA) is 69.5 Å². The van der Waals surface area contributed by atoms with Crippen LogP contribution >= 0.6 is 0 Å². The summed E-state index contributed by atoms with van der Waals surface area (Å²) < 4.78 is 0. The molecule has 0 aliphatic heterocycles. The smallest absolute Gasteiger partial charge is 0.147 e. The quantitative estimate of drug-likeness (QED) is 0.643. The molecule has 82 valence electrons. The first-order valence-corrected chi connectivity index (χ1v) is 4.70. The van der Waals surface area contributed by atoms with Gasteiger partial charge in [-0.1, -0.05) is 6.08 Å². The molecule has 0 saturated carbocycles. The molecule has 0 fully saturated rings. The van der Waals surface area contributed by atoms with Crippen molar-refractivity contribution in [3.8, 4) is 0 Å². The van der Waals surface area contributed by atoms with Gasteiger partial charge in [-0.3, -0.25) is 4.98 Å². The lowest BCUT2D eigenvalue weighted by Gasteiger charge is -2.20. The summed E-state index contributed by atoms with van der Waals surface area (Å²) in [6.07, 6.45) is 4.83. The summed E-state index contributed by atoms with van der Waals surface area (Å²) >= 11 is 0. The summed E-state index contributed by atoms with van der Waals surface area (Å²) in [4.78, 5) is 9.98. The summed E-state index contributed by atoms with van der Waals surface area (Å²) in [5.41, 5.74) is 0.513. The molecule has 1 aromatic rings. The average molecular weight is 209 g/mol. The fraction of sp³-hybridized carbons (Fsp3) is 0.400. The number of anilines is 1. The van der Waals surface area contributed by atoms with Crippen LogP contribution in [-0.4, -0.2) is 39.9 Å². The van der Waals surface area contributed by atoms with Gasteiger partial charge in [0, 0.05) is 13.1 Å². The first-order valence-electron chi connectivity index (χ1n) is 4.70. The Kier molecular flexibility index (Phi) is 4.73. The van der Waals surface area contributed by atoms with Gasteiger partial charge in [0.2, 0.25) is 0 Å². The highest BCUT2D eigenvalue weighted by molar-refractivity contribution is 5.37. The van der Waals surface area contributed by atoms with Crippen molar-refractivity contribution in [1.82, 2.24) is 9.97 Å². The SMILES string of the molecule is C=CCN(CCO)c1cncc(CO)n1. The molecule has 0 saturated heterocycles. The fourth-order valence-electron chi connectivity index (χ4n) is 1.20. The Bertz CT molecular complexity index is 317. The van der Waals surface area contributed by atoms with Crippen LogP contribution in [0.3, 0.4) is 0 Å². The fourth-order valence-corrected chi connectivity index (χ4v) is 1.20. The van der Waals surface area contributed by atoms with Gasteiger partial charge in [-0.05, 0) is 0 Å². The highest BCUT2D eigenvalue weighted by Gasteiger charge is 2.06. The van der Waals surface area contributed by atoms with Gasteiger partial charge in [0.05, 0.1) is 31.3 Å². The maximum absolute atomic E-state index is 8.91. The summed E-state index contributed by atoms with van der Waals surface area (Å²) in [6.45, 7) is 4.59. The maximum Gasteiger partial charge on any atom is 0.147 e. The predicted molar refractivity (Wildman–Crippen MR) is 57.5 cm³/mol. The summed E-state index contributed by atoms with van der Waals surface area (Å²) in [7, 11) is 0. The Labute approximate surface area is 88.7 Å². The minimum atomic E-state index is -0.137. The van der Waals surface area contributed by atoms with Crippen LogP contribution in [0.25, 0.3) is 0 Å². The molecule has 0 unspecified atom stereocenters. The van der Waals surface area contributed by atoms with Crippen molar-refractivity contribution in [3.63, 3.8) is 0 Å². The molecule has 2 N–H and O–H groups in total. The molecule has 15 heavy (non-hydrogen) atoms. The Morgan fingerprint density at radius 3 is 2.80 bits per heavy atom. The molecule has 0 atom stereocenters. The highest BCUT2D eigenvalue weighted by Crippen LogP contribution is 2.09. The van der Waals surface area contributed by atoms with Crippen molar-refractivity contribution in [1.29, 1.82) is 0 Å². The molecule has 0 aliphatic rings. The van der Waals surface area contributed by atoms with Crippen LogP contribution in [0.2, 0.25) is 0 Å². The number of hydrogen-bond acceptors (Lipinski definition) is 5. The Balaban J connectivity index is 2.83. The molecule has 5 heteroatoms. The van der Waals surface area contributed by atoms with E-state index < -0.39 is 0 Å². The van der Waals surface area contributed by atoms with Crippen molar-refractivity contribution >= 4 is 5.82 Å². The number of aliphatic hydroxyl groups is 2. The van der Waals surface area contributed by atoms with Crippen LogP contribution in [0.15, 0.2) is 25.0 Å². The minimum absolute atomic E-state index is 0.0405. The molecule has 1 aromatic heterocycles. The average Bonchev–Trinajstić information content (AvgIpc) is 2.29. The molecule has 0 bridgehead atoms. The van der Waals surface area contributed by atoms with Crippen LogP contribution < -0.4 is 4.90 Å². The van der Waals surface area contributed by atoms with Gasteiger partial charge in [-0.2, -0.15) is 0 Å². The second kappa shape index (κ2) is 6.10. The van der Waals surface area contributed by atoms with E-state index in [-0.39, 0.29) is 13.2 Å². The van der Waals surface area contributed by atoms with E-state index in [1.54, 1.807) is 12.3 Å². The third kappa shape index (κ3) is 3.30. The zero-order valence-electron chi connectivity index (χ0n) is 8.50. The summed E-state index contributed by atoms with van der Waals surface area (Å²) in [5, 5.41) is 17.8. The van der Waals surface area contributed by atoms with E-state index >= 15 is 0 Å². The minimum Gasteiger partial charge on any atom is -0.395 e. The molecule has 1 heterocycles. The first kappa shape index (κ1) is 11.6. The lowest BCUT2D eigenvalue weighted by Crippen LogP contribution is -2.27. The Morgan fingerprint density at radius 1 is 1.40 bits per heavy atom. The first-order chi connectivity index (χ1) is 7.31. The van der Waals surface area contributed by atoms with E-state index in [2.05, 4.69) is 16.5 Å². The van der Waals surface area contributed by atoms with E-state index in [0.29, 0.717) is 24.6 Å². The van der Waals surface area contributed by atoms with Crippen molar-refractivity contribution in [2.45, 2.75) is 6.61 Å². The maximum atomic E-state index is 8.91. The van der Waals surface area contributed by atoms with E-state index in [0.717, 1.165) is 0 Å². The van der Waals surface area contributed by atoms with Crippen LogP contribution in [0.4, 0.5) is 5.82 Å². The van der Waals surface area contributed by atoms with Crippen LogP contribution in [0.5, 0.6) is 0 Å². The van der Waals surface area contributed by atoms with Crippen molar-refractivity contribution < 1.29 is 10.2 Å². The normalized spacial score (nSPS) is 10.0. The van der Waals surface area contributed by atoms with Gasteiger partial charge < -0.3 is 15.1 Å².